The van der Waals surface area contributed by atoms with Crippen LogP contribution in [0, 0.1) is 11.2 Å². The predicted molar refractivity (Wildman–Crippen MR) is 69.4 cm³/mol. The van der Waals surface area contributed by atoms with Gasteiger partial charge >= 0.3 is 5.97 Å². The number of carbonyl (C=O) groups excluding carboxylic acids is 1. The van der Waals surface area contributed by atoms with Crippen molar-refractivity contribution in [2.24, 2.45) is 11.1 Å². The SMILES string of the molecule is CCC(C)(CN)C(=O)Nc1cc(F)ccc1C(=O)O. The minimum absolute atomic E-state index is 0.0642. The van der Waals surface area contributed by atoms with Gasteiger partial charge in [-0.15, -0.1) is 0 Å². The van der Waals surface area contributed by atoms with Crippen molar-refractivity contribution in [3.05, 3.63) is 29.6 Å². The Morgan fingerprint density at radius 2 is 2.11 bits per heavy atom. The molecule has 1 atom stereocenters. The van der Waals surface area contributed by atoms with Crippen LogP contribution in [0.2, 0.25) is 0 Å². The highest BCUT2D eigenvalue weighted by Crippen LogP contribution is 2.24. The predicted octanol–water partition coefficient (Wildman–Crippen LogP) is 1.84. The smallest absolute Gasteiger partial charge is 0.337 e. The molecule has 104 valence electrons. The van der Waals surface area contributed by atoms with E-state index in [1.165, 1.54) is 0 Å². The summed E-state index contributed by atoms with van der Waals surface area (Å²) in [6.45, 7) is 3.59. The number of rotatable bonds is 5. The summed E-state index contributed by atoms with van der Waals surface area (Å²) in [4.78, 5) is 23.1. The second kappa shape index (κ2) is 5.79. The summed E-state index contributed by atoms with van der Waals surface area (Å²) in [6, 6.07) is 3.12. The number of carboxylic acids is 1. The molecule has 0 aliphatic rings. The van der Waals surface area contributed by atoms with Crippen LogP contribution in [0.25, 0.3) is 0 Å². The zero-order valence-corrected chi connectivity index (χ0v) is 10.9. The molecule has 0 aliphatic carbocycles. The molecule has 19 heavy (non-hydrogen) atoms. The van der Waals surface area contributed by atoms with E-state index < -0.39 is 23.1 Å². The van der Waals surface area contributed by atoms with E-state index in [1.54, 1.807) is 13.8 Å². The Morgan fingerprint density at radius 1 is 1.47 bits per heavy atom. The Hall–Kier alpha value is -1.95. The molecule has 0 aromatic heterocycles. The van der Waals surface area contributed by atoms with Gasteiger partial charge < -0.3 is 16.2 Å². The van der Waals surface area contributed by atoms with Gasteiger partial charge in [0.25, 0.3) is 0 Å². The second-order valence-electron chi connectivity index (χ2n) is 4.57. The maximum Gasteiger partial charge on any atom is 0.337 e. The Morgan fingerprint density at radius 3 is 2.58 bits per heavy atom. The van der Waals surface area contributed by atoms with Gasteiger partial charge in [-0.1, -0.05) is 6.92 Å². The molecule has 1 aromatic carbocycles. The van der Waals surface area contributed by atoms with Gasteiger partial charge in [-0.25, -0.2) is 9.18 Å². The van der Waals surface area contributed by atoms with Gasteiger partial charge in [-0.05, 0) is 31.5 Å². The minimum atomic E-state index is -1.23. The van der Waals surface area contributed by atoms with E-state index in [2.05, 4.69) is 5.32 Å². The van der Waals surface area contributed by atoms with Crippen molar-refractivity contribution in [2.45, 2.75) is 20.3 Å². The number of hydrogen-bond acceptors (Lipinski definition) is 3. The largest absolute Gasteiger partial charge is 0.478 e. The highest BCUT2D eigenvalue weighted by atomic mass is 19.1. The number of carboxylic acid groups (broad SMARTS) is 1. The number of nitrogens with two attached hydrogens (primary N) is 1. The summed E-state index contributed by atoms with van der Waals surface area (Å²) < 4.78 is 13.2. The number of benzene rings is 1. The third kappa shape index (κ3) is 3.29. The molecular weight excluding hydrogens is 251 g/mol. The van der Waals surface area contributed by atoms with Crippen LogP contribution in [0.4, 0.5) is 10.1 Å². The molecular formula is C13H17FN2O3. The summed E-state index contributed by atoms with van der Waals surface area (Å²) in [5.74, 6) is -2.28. The number of nitrogens with one attached hydrogen (secondary N) is 1. The molecule has 1 rings (SSSR count). The van der Waals surface area contributed by atoms with Crippen molar-refractivity contribution < 1.29 is 19.1 Å². The first-order valence-corrected chi connectivity index (χ1v) is 5.88. The zero-order valence-electron chi connectivity index (χ0n) is 10.9. The van der Waals surface area contributed by atoms with E-state index in [0.29, 0.717) is 6.42 Å². The standard InChI is InChI=1S/C13H17FN2O3/c1-3-13(2,7-15)12(19)16-10-6-8(14)4-5-9(10)11(17)18/h4-6H,3,7,15H2,1-2H3,(H,16,19)(H,17,18). The van der Waals surface area contributed by atoms with Crippen LogP contribution in [-0.4, -0.2) is 23.5 Å². The molecule has 0 bridgehead atoms. The van der Waals surface area contributed by atoms with Gasteiger partial charge in [-0.3, -0.25) is 4.79 Å². The number of halogens is 1. The number of carbonyl (C=O) groups is 2. The number of aromatic carboxylic acids is 1. The van der Waals surface area contributed by atoms with Crippen molar-refractivity contribution in [1.82, 2.24) is 0 Å². The number of anilines is 1. The molecule has 0 aliphatic heterocycles. The van der Waals surface area contributed by atoms with Crippen LogP contribution < -0.4 is 11.1 Å². The lowest BCUT2D eigenvalue weighted by atomic mass is 9.86. The Bertz CT molecular complexity index is 499. The minimum Gasteiger partial charge on any atom is -0.478 e. The van der Waals surface area contributed by atoms with Gasteiger partial charge in [0.15, 0.2) is 0 Å². The molecule has 0 spiro atoms. The number of amides is 1. The van der Waals surface area contributed by atoms with Crippen LogP contribution in [-0.2, 0) is 4.79 Å². The van der Waals surface area contributed by atoms with E-state index in [1.807, 2.05) is 0 Å². The van der Waals surface area contributed by atoms with Crippen LogP contribution in [0.1, 0.15) is 30.6 Å². The Labute approximate surface area is 110 Å². The average Bonchev–Trinajstić information content (AvgIpc) is 2.37. The number of hydrogen-bond donors (Lipinski definition) is 3. The fraction of sp³-hybridized carbons (Fsp3) is 0.385. The quantitative estimate of drug-likeness (QED) is 0.759. The molecule has 1 aromatic rings. The summed E-state index contributed by atoms with van der Waals surface area (Å²) in [5, 5.41) is 11.4. The summed E-state index contributed by atoms with van der Waals surface area (Å²) in [6.07, 6.45) is 0.493. The van der Waals surface area contributed by atoms with E-state index in [4.69, 9.17) is 10.8 Å². The van der Waals surface area contributed by atoms with Gasteiger partial charge in [0.1, 0.15) is 5.82 Å². The maximum absolute atomic E-state index is 13.2. The monoisotopic (exact) mass is 268 g/mol. The van der Waals surface area contributed by atoms with E-state index in [9.17, 15) is 14.0 Å². The highest BCUT2D eigenvalue weighted by molar-refractivity contribution is 6.02. The molecule has 0 saturated heterocycles. The molecule has 0 saturated carbocycles. The topological polar surface area (TPSA) is 92.4 Å². The zero-order chi connectivity index (χ0) is 14.6. The summed E-state index contributed by atoms with van der Waals surface area (Å²) in [5.41, 5.74) is 4.51. The van der Waals surface area contributed by atoms with Crippen molar-refractivity contribution in [3.8, 4) is 0 Å². The van der Waals surface area contributed by atoms with Crippen LogP contribution in [0.15, 0.2) is 18.2 Å². The third-order valence-corrected chi connectivity index (χ3v) is 3.24. The lowest BCUT2D eigenvalue weighted by molar-refractivity contribution is -0.124. The first-order valence-electron chi connectivity index (χ1n) is 5.88. The van der Waals surface area contributed by atoms with Gasteiger partial charge in [0, 0.05) is 6.54 Å². The average molecular weight is 268 g/mol. The molecule has 5 nitrogen and oxygen atoms in total. The van der Waals surface area contributed by atoms with Crippen LogP contribution >= 0.6 is 0 Å². The van der Waals surface area contributed by atoms with Crippen LogP contribution in [0.3, 0.4) is 0 Å². The second-order valence-corrected chi connectivity index (χ2v) is 4.57. The van der Waals surface area contributed by atoms with Gasteiger partial charge in [-0.2, -0.15) is 0 Å². The Balaban J connectivity index is 3.08. The molecule has 1 amide bonds. The third-order valence-electron chi connectivity index (χ3n) is 3.24. The first-order chi connectivity index (χ1) is 8.84. The summed E-state index contributed by atoms with van der Waals surface area (Å²) >= 11 is 0. The summed E-state index contributed by atoms with van der Waals surface area (Å²) in [7, 11) is 0. The highest BCUT2D eigenvalue weighted by Gasteiger charge is 2.30. The van der Waals surface area contributed by atoms with E-state index in [0.717, 1.165) is 18.2 Å². The first kappa shape index (κ1) is 15.1. The lowest BCUT2D eigenvalue weighted by Gasteiger charge is -2.25. The fourth-order valence-electron chi connectivity index (χ4n) is 1.48. The molecule has 0 heterocycles. The molecule has 0 radical (unpaired) electrons. The van der Waals surface area contributed by atoms with Crippen molar-refractivity contribution in [3.63, 3.8) is 0 Å². The molecule has 0 fully saturated rings. The fourth-order valence-corrected chi connectivity index (χ4v) is 1.48. The molecule has 4 N–H and O–H groups in total. The maximum atomic E-state index is 13.2. The lowest BCUT2D eigenvalue weighted by Crippen LogP contribution is -2.39. The molecule has 1 unspecified atom stereocenters. The van der Waals surface area contributed by atoms with E-state index >= 15 is 0 Å². The molecule has 6 heteroatoms. The van der Waals surface area contributed by atoms with Gasteiger partial charge in [0.2, 0.25) is 5.91 Å². The van der Waals surface area contributed by atoms with Gasteiger partial charge in [0.05, 0.1) is 16.7 Å². The Kier molecular flexibility index (Phi) is 4.61. The normalized spacial score (nSPS) is 13.7. The van der Waals surface area contributed by atoms with E-state index in [-0.39, 0.29) is 17.8 Å². The van der Waals surface area contributed by atoms with Crippen molar-refractivity contribution in [1.29, 1.82) is 0 Å². The van der Waals surface area contributed by atoms with Crippen molar-refractivity contribution in [2.75, 3.05) is 11.9 Å². The van der Waals surface area contributed by atoms with Crippen LogP contribution in [0.5, 0.6) is 0 Å². The van der Waals surface area contributed by atoms with Crippen molar-refractivity contribution >= 4 is 17.6 Å².